The highest BCUT2D eigenvalue weighted by Gasteiger charge is 2.41. The molecule has 120 valence electrons. The fraction of sp³-hybridized carbons (Fsp3) is 0.400. The lowest BCUT2D eigenvalue weighted by Gasteiger charge is -2.16. The lowest BCUT2D eigenvalue weighted by molar-refractivity contribution is -0.122. The maximum atomic E-state index is 13.4. The van der Waals surface area contributed by atoms with Crippen molar-refractivity contribution >= 4 is 21.6 Å². The fourth-order valence-corrected chi connectivity index (χ4v) is 2.51. The first kappa shape index (κ1) is 18.1. The number of rotatable bonds is 6. The van der Waals surface area contributed by atoms with Crippen molar-refractivity contribution in [1.82, 2.24) is 4.72 Å². The molecule has 0 radical (unpaired) electrons. The van der Waals surface area contributed by atoms with Crippen molar-refractivity contribution in [2.75, 3.05) is 6.54 Å². The molecule has 0 heterocycles. The average Bonchev–Trinajstić information content (AvgIpc) is 2.39. The summed E-state index contributed by atoms with van der Waals surface area (Å²) in [6.45, 7) is -2.65. The third-order valence-electron chi connectivity index (χ3n) is 2.37. The summed E-state index contributed by atoms with van der Waals surface area (Å²) in [4.78, 5) is -0.821. The average molecular weight is 354 g/mol. The van der Waals surface area contributed by atoms with Gasteiger partial charge in [0.15, 0.2) is 0 Å². The minimum absolute atomic E-state index is 0.294. The number of aliphatic hydroxyl groups excluding tert-OH is 1. The van der Waals surface area contributed by atoms with Gasteiger partial charge in [0.1, 0.15) is 5.82 Å². The van der Waals surface area contributed by atoms with E-state index in [0.29, 0.717) is 6.07 Å². The molecule has 0 bridgehead atoms. The molecule has 2 N–H and O–H groups in total. The molecule has 0 saturated heterocycles. The highest BCUT2D eigenvalue weighted by molar-refractivity contribution is 7.89. The molecule has 21 heavy (non-hydrogen) atoms. The number of sulfonamides is 1. The number of nitrogens with one attached hydrogen (secondary N) is 1. The zero-order valence-corrected chi connectivity index (χ0v) is 11.7. The molecule has 1 aromatic carbocycles. The van der Waals surface area contributed by atoms with Gasteiger partial charge in [-0.2, -0.15) is 8.78 Å². The molecule has 11 heteroatoms. The Kier molecular flexibility index (Phi) is 5.53. The van der Waals surface area contributed by atoms with E-state index in [2.05, 4.69) is 0 Å². The Balaban J connectivity index is 3.07. The predicted octanol–water partition coefficient (Wildman–Crippen LogP) is 2.15. The van der Waals surface area contributed by atoms with Gasteiger partial charge >= 0.3 is 12.3 Å². The van der Waals surface area contributed by atoms with Crippen LogP contribution in [0.1, 0.15) is 5.56 Å². The van der Waals surface area contributed by atoms with Crippen molar-refractivity contribution in [3.63, 3.8) is 0 Å². The fourth-order valence-electron chi connectivity index (χ4n) is 1.24. The van der Waals surface area contributed by atoms with Crippen molar-refractivity contribution in [3.8, 4) is 0 Å². The Labute approximate surface area is 121 Å². The largest absolute Gasteiger partial charge is 0.392 e. The van der Waals surface area contributed by atoms with Gasteiger partial charge in [0.25, 0.3) is 0 Å². The summed E-state index contributed by atoms with van der Waals surface area (Å²) in [6.07, 6.45) is -4.06. The van der Waals surface area contributed by atoms with Crippen LogP contribution < -0.4 is 4.72 Å². The van der Waals surface area contributed by atoms with E-state index in [9.17, 15) is 30.4 Å². The molecule has 0 unspecified atom stereocenters. The van der Waals surface area contributed by atoms with Crippen LogP contribution in [-0.2, 0) is 16.6 Å². The Bertz CT molecular complexity index is 623. The molecule has 1 rings (SSSR count). The van der Waals surface area contributed by atoms with Crippen molar-refractivity contribution in [3.05, 3.63) is 28.5 Å². The Morgan fingerprint density at radius 2 is 1.90 bits per heavy atom. The number of hydrogen-bond acceptors (Lipinski definition) is 3. The van der Waals surface area contributed by atoms with E-state index in [4.69, 9.17) is 16.7 Å². The maximum absolute atomic E-state index is 13.4. The molecule has 0 spiro atoms. The summed E-state index contributed by atoms with van der Waals surface area (Å²) in [5.41, 5.74) is -0.294. The molecule has 0 aliphatic heterocycles. The van der Waals surface area contributed by atoms with Crippen LogP contribution in [0.2, 0.25) is 5.02 Å². The molecule has 4 nitrogen and oxygen atoms in total. The van der Waals surface area contributed by atoms with Gasteiger partial charge in [-0.15, -0.1) is 0 Å². The highest BCUT2D eigenvalue weighted by Crippen LogP contribution is 2.26. The molecular weight excluding hydrogens is 345 g/mol. The second-order valence-corrected chi connectivity index (χ2v) is 6.07. The minimum atomic E-state index is -4.67. The standard InChI is InChI=1S/C10H9ClF5NO3S/c11-8-5(3-18)1-6(2-7(8)12)21(19,20)17-4-10(15,16)9(13)14/h1-2,9,17-18H,3-4H2. The van der Waals surface area contributed by atoms with Crippen LogP contribution in [0.25, 0.3) is 0 Å². The molecule has 0 aromatic heterocycles. The van der Waals surface area contributed by atoms with Gasteiger partial charge in [-0.3, -0.25) is 0 Å². The van der Waals surface area contributed by atoms with Gasteiger partial charge < -0.3 is 5.11 Å². The first-order chi connectivity index (χ1) is 9.51. The first-order valence-corrected chi connectivity index (χ1v) is 7.12. The maximum Gasteiger partial charge on any atom is 0.320 e. The molecule has 0 aliphatic carbocycles. The SMILES string of the molecule is O=S(=O)(NCC(F)(F)C(F)F)c1cc(F)c(Cl)c(CO)c1. The zero-order chi connectivity index (χ0) is 16.4. The lowest BCUT2D eigenvalue weighted by atomic mass is 10.2. The van der Waals surface area contributed by atoms with Gasteiger partial charge in [-0.1, -0.05) is 11.6 Å². The monoisotopic (exact) mass is 353 g/mol. The molecule has 0 fully saturated rings. The van der Waals surface area contributed by atoms with Crippen LogP contribution in [0, 0.1) is 5.82 Å². The lowest BCUT2D eigenvalue weighted by Crippen LogP contribution is -2.41. The number of aliphatic hydroxyl groups is 1. The Hall–Kier alpha value is -0.970. The third-order valence-corrected chi connectivity index (χ3v) is 4.18. The van der Waals surface area contributed by atoms with Crippen LogP contribution in [0.4, 0.5) is 22.0 Å². The zero-order valence-electron chi connectivity index (χ0n) is 10.1. The van der Waals surface area contributed by atoms with Crippen molar-refractivity contribution < 1.29 is 35.5 Å². The summed E-state index contributed by atoms with van der Waals surface area (Å²) in [5.74, 6) is -5.78. The topological polar surface area (TPSA) is 66.4 Å². The molecule has 1 aromatic rings. The van der Waals surface area contributed by atoms with Crippen LogP contribution in [0.15, 0.2) is 17.0 Å². The van der Waals surface area contributed by atoms with Crippen LogP contribution in [0.3, 0.4) is 0 Å². The number of alkyl halides is 4. The van der Waals surface area contributed by atoms with E-state index in [1.807, 2.05) is 0 Å². The second-order valence-electron chi connectivity index (χ2n) is 3.92. The van der Waals surface area contributed by atoms with E-state index in [-0.39, 0.29) is 5.56 Å². The second kappa shape index (κ2) is 6.42. The van der Waals surface area contributed by atoms with Gasteiger partial charge in [0.05, 0.1) is 23.1 Å². The Morgan fingerprint density at radius 1 is 1.33 bits per heavy atom. The van der Waals surface area contributed by atoms with Crippen LogP contribution in [-0.4, -0.2) is 32.4 Å². The minimum Gasteiger partial charge on any atom is -0.392 e. The third kappa shape index (κ3) is 4.25. The molecular formula is C10H9ClF5NO3S. The smallest absolute Gasteiger partial charge is 0.320 e. The molecule has 0 saturated carbocycles. The molecule has 0 aliphatic rings. The highest BCUT2D eigenvalue weighted by atomic mass is 35.5. The quantitative estimate of drug-likeness (QED) is 0.770. The summed E-state index contributed by atoms with van der Waals surface area (Å²) < 4.78 is 87.1. The van der Waals surface area contributed by atoms with E-state index in [0.717, 1.165) is 6.07 Å². The van der Waals surface area contributed by atoms with Crippen molar-refractivity contribution in [2.24, 2.45) is 0 Å². The van der Waals surface area contributed by atoms with E-state index < -0.39 is 51.3 Å². The van der Waals surface area contributed by atoms with Gasteiger partial charge in [-0.05, 0) is 12.1 Å². The van der Waals surface area contributed by atoms with Gasteiger partial charge in [0, 0.05) is 5.56 Å². The molecule has 0 amide bonds. The van der Waals surface area contributed by atoms with Crippen LogP contribution in [0.5, 0.6) is 0 Å². The van der Waals surface area contributed by atoms with Crippen molar-refractivity contribution in [1.29, 1.82) is 0 Å². The summed E-state index contributed by atoms with van der Waals surface area (Å²) >= 11 is 5.44. The molecule has 0 atom stereocenters. The predicted molar refractivity (Wildman–Crippen MR) is 63.5 cm³/mol. The van der Waals surface area contributed by atoms with E-state index in [1.54, 1.807) is 0 Å². The normalized spacial score (nSPS) is 13.0. The summed E-state index contributed by atoms with van der Waals surface area (Å²) in [7, 11) is -4.67. The van der Waals surface area contributed by atoms with Crippen LogP contribution >= 0.6 is 11.6 Å². The summed E-state index contributed by atoms with van der Waals surface area (Å²) in [6, 6.07) is 1.17. The van der Waals surface area contributed by atoms with E-state index in [1.165, 1.54) is 4.72 Å². The van der Waals surface area contributed by atoms with Gasteiger partial charge in [0.2, 0.25) is 10.0 Å². The Morgan fingerprint density at radius 3 is 2.38 bits per heavy atom. The van der Waals surface area contributed by atoms with E-state index >= 15 is 0 Å². The number of benzene rings is 1. The van der Waals surface area contributed by atoms with Gasteiger partial charge in [-0.25, -0.2) is 26.3 Å². The number of halogens is 6. The first-order valence-electron chi connectivity index (χ1n) is 5.25. The van der Waals surface area contributed by atoms with Crippen molar-refractivity contribution in [2.45, 2.75) is 23.9 Å². The summed E-state index contributed by atoms with van der Waals surface area (Å²) in [5, 5.41) is 8.35. The number of hydrogen-bond donors (Lipinski definition) is 2.